The summed E-state index contributed by atoms with van der Waals surface area (Å²) in [4.78, 5) is 8.96. The average molecular weight is 465 g/mol. The van der Waals surface area contributed by atoms with Gasteiger partial charge in [0.2, 0.25) is 5.95 Å². The Morgan fingerprint density at radius 3 is 2.52 bits per heavy atom. The number of nitrogens with zero attached hydrogens (tertiary/aromatic N) is 2. The zero-order valence-electron chi connectivity index (χ0n) is 15.0. The summed E-state index contributed by atoms with van der Waals surface area (Å²) in [5, 5.41) is 6.44. The van der Waals surface area contributed by atoms with Gasteiger partial charge in [-0.05, 0) is 43.2 Å². The van der Waals surface area contributed by atoms with Crippen molar-refractivity contribution in [3.8, 4) is 17.0 Å². The Labute approximate surface area is 173 Å². The second-order valence-electron chi connectivity index (χ2n) is 6.59. The molecule has 0 unspecified atom stereocenters. The maximum absolute atomic E-state index is 12.6. The molecular weight excluding hydrogens is 449 g/mol. The Bertz CT molecular complexity index is 1020. The maximum atomic E-state index is 12.6. The van der Waals surface area contributed by atoms with Crippen LogP contribution < -0.4 is 15.4 Å². The summed E-state index contributed by atoms with van der Waals surface area (Å²) in [6.07, 6.45) is -2.68. The summed E-state index contributed by atoms with van der Waals surface area (Å²) < 4.78 is 42.6. The van der Waals surface area contributed by atoms with Crippen LogP contribution in [0.25, 0.3) is 11.3 Å². The molecule has 1 heterocycles. The molecule has 0 radical (unpaired) electrons. The number of anilines is 3. The molecule has 150 valence electrons. The summed E-state index contributed by atoms with van der Waals surface area (Å²) in [6, 6.07) is 15.3. The lowest BCUT2D eigenvalue weighted by atomic mass is 10.1. The van der Waals surface area contributed by atoms with Crippen molar-refractivity contribution in [2.75, 3.05) is 10.6 Å². The lowest BCUT2D eigenvalue weighted by Crippen LogP contribution is -2.17. The summed E-state index contributed by atoms with van der Waals surface area (Å²) in [5.41, 5.74) is 1.79. The molecule has 1 aliphatic carbocycles. The van der Waals surface area contributed by atoms with E-state index in [2.05, 4.69) is 41.3 Å². The molecular formula is C20H16BrF3N4O. The molecule has 0 amide bonds. The topological polar surface area (TPSA) is 59.1 Å². The number of ether oxygens (including phenoxy) is 1. The van der Waals surface area contributed by atoms with Crippen molar-refractivity contribution in [2.24, 2.45) is 0 Å². The van der Waals surface area contributed by atoms with Crippen LogP contribution in [0, 0.1) is 0 Å². The van der Waals surface area contributed by atoms with Gasteiger partial charge in [0.1, 0.15) is 11.6 Å². The fourth-order valence-corrected chi connectivity index (χ4v) is 3.10. The highest BCUT2D eigenvalue weighted by Crippen LogP contribution is 2.31. The first-order chi connectivity index (χ1) is 13.8. The second kappa shape index (κ2) is 7.90. The summed E-state index contributed by atoms with van der Waals surface area (Å²) in [7, 11) is 0. The molecule has 0 aliphatic heterocycles. The van der Waals surface area contributed by atoms with Crippen molar-refractivity contribution < 1.29 is 17.9 Å². The molecule has 2 N–H and O–H groups in total. The number of rotatable bonds is 6. The third kappa shape index (κ3) is 5.60. The lowest BCUT2D eigenvalue weighted by Gasteiger charge is -2.13. The van der Waals surface area contributed by atoms with Gasteiger partial charge in [0.05, 0.1) is 5.69 Å². The smallest absolute Gasteiger partial charge is 0.406 e. The minimum Gasteiger partial charge on any atom is -0.406 e. The van der Waals surface area contributed by atoms with E-state index in [1.54, 1.807) is 12.1 Å². The molecule has 3 aromatic rings. The molecule has 2 aromatic carbocycles. The van der Waals surface area contributed by atoms with Gasteiger partial charge in [-0.25, -0.2) is 4.98 Å². The van der Waals surface area contributed by atoms with Gasteiger partial charge in [0.15, 0.2) is 0 Å². The van der Waals surface area contributed by atoms with E-state index in [-0.39, 0.29) is 5.75 Å². The fraction of sp³-hybridized carbons (Fsp3) is 0.200. The number of hydrogen-bond acceptors (Lipinski definition) is 5. The first-order valence-corrected chi connectivity index (χ1v) is 9.68. The minimum absolute atomic E-state index is 0.299. The van der Waals surface area contributed by atoms with E-state index in [1.165, 1.54) is 18.2 Å². The SMILES string of the molecule is FC(F)(F)Oc1cccc(-c2cc(Nc3cccc(Br)c3)nc(NC3CC3)n2)c1. The van der Waals surface area contributed by atoms with Crippen LogP contribution >= 0.6 is 15.9 Å². The molecule has 0 atom stereocenters. The summed E-state index contributed by atoms with van der Waals surface area (Å²) in [5.74, 6) is 0.648. The summed E-state index contributed by atoms with van der Waals surface area (Å²) in [6.45, 7) is 0. The molecule has 4 rings (SSSR count). The van der Waals surface area contributed by atoms with E-state index in [0.717, 1.165) is 23.0 Å². The number of benzene rings is 2. The molecule has 29 heavy (non-hydrogen) atoms. The third-order valence-electron chi connectivity index (χ3n) is 4.10. The monoisotopic (exact) mass is 464 g/mol. The molecule has 5 nitrogen and oxygen atoms in total. The largest absolute Gasteiger partial charge is 0.573 e. The average Bonchev–Trinajstić information content (AvgIpc) is 3.44. The normalized spacial score (nSPS) is 13.8. The third-order valence-corrected chi connectivity index (χ3v) is 4.59. The van der Waals surface area contributed by atoms with Gasteiger partial charge in [-0.2, -0.15) is 4.98 Å². The molecule has 1 aliphatic rings. The van der Waals surface area contributed by atoms with Gasteiger partial charge < -0.3 is 15.4 Å². The van der Waals surface area contributed by atoms with Crippen LogP contribution in [-0.4, -0.2) is 22.4 Å². The Morgan fingerprint density at radius 2 is 1.79 bits per heavy atom. The van der Waals surface area contributed by atoms with Gasteiger partial charge in [0.25, 0.3) is 0 Å². The van der Waals surface area contributed by atoms with Gasteiger partial charge in [0, 0.05) is 27.8 Å². The van der Waals surface area contributed by atoms with E-state index in [4.69, 9.17) is 0 Å². The Balaban J connectivity index is 1.67. The van der Waals surface area contributed by atoms with Gasteiger partial charge in [-0.3, -0.25) is 0 Å². The standard InChI is InChI=1S/C20H16BrF3N4O/c21-13-4-2-5-15(10-13)25-18-11-17(27-19(28-18)26-14-7-8-14)12-3-1-6-16(9-12)29-20(22,23)24/h1-6,9-11,14H,7-8H2,(H2,25,26,27,28). The van der Waals surface area contributed by atoms with Crippen molar-refractivity contribution in [3.05, 3.63) is 59.1 Å². The predicted octanol–water partition coefficient (Wildman–Crippen LogP) is 6.12. The highest BCUT2D eigenvalue weighted by Gasteiger charge is 2.31. The molecule has 1 aromatic heterocycles. The maximum Gasteiger partial charge on any atom is 0.573 e. The van der Waals surface area contributed by atoms with Crippen LogP contribution in [0.15, 0.2) is 59.1 Å². The number of halogens is 4. The predicted molar refractivity (Wildman–Crippen MR) is 108 cm³/mol. The van der Waals surface area contributed by atoms with Crippen LogP contribution in [0.3, 0.4) is 0 Å². The number of hydrogen-bond donors (Lipinski definition) is 2. The molecule has 0 saturated heterocycles. The van der Waals surface area contributed by atoms with Crippen LogP contribution in [0.5, 0.6) is 5.75 Å². The van der Waals surface area contributed by atoms with E-state index < -0.39 is 6.36 Å². The number of nitrogens with one attached hydrogen (secondary N) is 2. The lowest BCUT2D eigenvalue weighted by molar-refractivity contribution is -0.274. The van der Waals surface area contributed by atoms with Gasteiger partial charge >= 0.3 is 6.36 Å². The first-order valence-electron chi connectivity index (χ1n) is 8.88. The fourth-order valence-electron chi connectivity index (χ4n) is 2.70. The zero-order valence-corrected chi connectivity index (χ0v) is 16.6. The minimum atomic E-state index is -4.75. The molecule has 0 bridgehead atoms. The van der Waals surface area contributed by atoms with Crippen molar-refractivity contribution in [3.63, 3.8) is 0 Å². The quantitative estimate of drug-likeness (QED) is 0.459. The molecule has 1 saturated carbocycles. The summed E-state index contributed by atoms with van der Waals surface area (Å²) >= 11 is 3.42. The number of aromatic nitrogens is 2. The highest BCUT2D eigenvalue weighted by atomic mass is 79.9. The second-order valence-corrected chi connectivity index (χ2v) is 7.51. The highest BCUT2D eigenvalue weighted by molar-refractivity contribution is 9.10. The van der Waals surface area contributed by atoms with Crippen molar-refractivity contribution in [2.45, 2.75) is 25.2 Å². The zero-order chi connectivity index (χ0) is 20.4. The van der Waals surface area contributed by atoms with Crippen LogP contribution in [0.2, 0.25) is 0 Å². The van der Waals surface area contributed by atoms with E-state index in [0.29, 0.717) is 29.1 Å². The Kier molecular flexibility index (Phi) is 5.31. The van der Waals surface area contributed by atoms with Crippen molar-refractivity contribution in [1.82, 2.24) is 9.97 Å². The van der Waals surface area contributed by atoms with Crippen molar-refractivity contribution >= 4 is 33.4 Å². The van der Waals surface area contributed by atoms with Crippen LogP contribution in [0.1, 0.15) is 12.8 Å². The number of alkyl halides is 3. The van der Waals surface area contributed by atoms with E-state index >= 15 is 0 Å². The van der Waals surface area contributed by atoms with Crippen LogP contribution in [0.4, 0.5) is 30.6 Å². The van der Waals surface area contributed by atoms with E-state index in [1.807, 2.05) is 24.3 Å². The van der Waals surface area contributed by atoms with Crippen LogP contribution in [-0.2, 0) is 0 Å². The molecule has 1 fully saturated rings. The molecule has 9 heteroatoms. The van der Waals surface area contributed by atoms with Gasteiger partial charge in [-0.1, -0.05) is 34.1 Å². The Morgan fingerprint density at radius 1 is 1.00 bits per heavy atom. The molecule has 0 spiro atoms. The van der Waals surface area contributed by atoms with Crippen molar-refractivity contribution in [1.29, 1.82) is 0 Å². The van der Waals surface area contributed by atoms with Gasteiger partial charge in [-0.15, -0.1) is 13.2 Å². The van der Waals surface area contributed by atoms with E-state index in [9.17, 15) is 13.2 Å². The first kappa shape index (κ1) is 19.5. The Hall–Kier alpha value is -2.81.